The van der Waals surface area contributed by atoms with Crippen LogP contribution in [0.5, 0.6) is 17.2 Å². The Balaban J connectivity index is 1.12. The van der Waals surface area contributed by atoms with Crippen molar-refractivity contribution in [3.05, 3.63) is 132 Å². The molecule has 5 aromatic carbocycles. The zero-order valence-electron chi connectivity index (χ0n) is 36.1. The molecule has 1 unspecified atom stereocenters. The fourth-order valence-electron chi connectivity index (χ4n) is 7.62. The molecule has 0 aliphatic carbocycles. The van der Waals surface area contributed by atoms with E-state index in [4.69, 9.17) is 23.1 Å². The molecule has 1 fully saturated rings. The second kappa shape index (κ2) is 23.9. The number of benzene rings is 5. The summed E-state index contributed by atoms with van der Waals surface area (Å²) in [6.07, 6.45) is 11.6. The third-order valence-corrected chi connectivity index (χ3v) is 13.5. The van der Waals surface area contributed by atoms with Crippen LogP contribution in [0.3, 0.4) is 0 Å². The van der Waals surface area contributed by atoms with Crippen LogP contribution in [0.4, 0.5) is 0 Å². The van der Waals surface area contributed by atoms with Crippen LogP contribution in [-0.4, -0.2) is 50.8 Å². The van der Waals surface area contributed by atoms with Gasteiger partial charge in [-0.15, -0.1) is 0 Å². The molecule has 1 atom stereocenters. The molecule has 11 heteroatoms. The van der Waals surface area contributed by atoms with E-state index in [1.165, 1.54) is 31.0 Å². The van der Waals surface area contributed by atoms with Gasteiger partial charge in [-0.3, -0.25) is 0 Å². The van der Waals surface area contributed by atoms with Gasteiger partial charge in [0.2, 0.25) is 0 Å². The molecular formula is C51H62O9S2. The average Bonchev–Trinajstić information content (AvgIpc) is 3.76. The largest absolute Gasteiger partial charge is 0.508 e. The number of ether oxygens (including phenoxy) is 4. The molecule has 332 valence electrons. The highest BCUT2D eigenvalue weighted by atomic mass is 32.2. The zero-order chi connectivity index (χ0) is 43.6. The number of rotatable bonds is 26. The number of aliphatic hydroxyl groups excluding tert-OH is 1. The maximum atomic E-state index is 14.0. The summed E-state index contributed by atoms with van der Waals surface area (Å²) in [5, 5.41) is 22.9. The standard InChI is InChI=1S/C51H62O9S2/c1-3-5-7-15-30-51(58-34-35-59-51)31-16-8-9-17-32-56-38-39-22-28-47(52)46(36-39)50(53)45-21-14-13-20-44(45)40-23-29-48(61-43-26-24-41(25-27-43)57-33-6-4-2)49(37-40)62(54,55)60-42-18-11-10-12-19-42/h10-14,18-29,36-37,50,52-53H,3-9,15-17,30-35,38H2,1-2H3. The lowest BCUT2D eigenvalue weighted by Gasteiger charge is -2.27. The van der Waals surface area contributed by atoms with E-state index in [0.29, 0.717) is 60.2 Å². The summed E-state index contributed by atoms with van der Waals surface area (Å²) < 4.78 is 57.7. The van der Waals surface area contributed by atoms with Crippen LogP contribution < -0.4 is 8.92 Å². The Morgan fingerprint density at radius 3 is 2.13 bits per heavy atom. The highest BCUT2D eigenvalue weighted by Gasteiger charge is 2.35. The van der Waals surface area contributed by atoms with E-state index in [-0.39, 0.29) is 16.4 Å². The van der Waals surface area contributed by atoms with Crippen molar-refractivity contribution in [2.75, 3.05) is 26.4 Å². The first kappa shape index (κ1) is 47.1. The lowest BCUT2D eigenvalue weighted by Crippen LogP contribution is -2.30. The monoisotopic (exact) mass is 882 g/mol. The Morgan fingerprint density at radius 1 is 0.694 bits per heavy atom. The number of hydrogen-bond acceptors (Lipinski definition) is 10. The van der Waals surface area contributed by atoms with Crippen molar-refractivity contribution in [2.45, 2.75) is 124 Å². The van der Waals surface area contributed by atoms with Crippen molar-refractivity contribution in [1.29, 1.82) is 0 Å². The fraction of sp³-hybridized carbons (Fsp3) is 0.412. The van der Waals surface area contributed by atoms with Crippen LogP contribution in [0, 0.1) is 0 Å². The van der Waals surface area contributed by atoms with E-state index in [1.807, 2.05) is 48.5 Å². The molecule has 0 spiro atoms. The maximum absolute atomic E-state index is 14.0. The highest BCUT2D eigenvalue weighted by molar-refractivity contribution is 8.00. The van der Waals surface area contributed by atoms with Gasteiger partial charge in [-0.2, -0.15) is 8.42 Å². The third-order valence-electron chi connectivity index (χ3n) is 11.0. The van der Waals surface area contributed by atoms with Crippen LogP contribution in [0.25, 0.3) is 11.1 Å². The molecule has 0 aromatic heterocycles. The summed E-state index contributed by atoms with van der Waals surface area (Å²) in [4.78, 5) is 1.29. The van der Waals surface area contributed by atoms with Gasteiger partial charge >= 0.3 is 10.1 Å². The molecule has 1 aliphatic heterocycles. The van der Waals surface area contributed by atoms with Gasteiger partial charge in [0, 0.05) is 34.8 Å². The first-order valence-corrected chi connectivity index (χ1v) is 24.4. The fourth-order valence-corrected chi connectivity index (χ4v) is 9.91. The van der Waals surface area contributed by atoms with Gasteiger partial charge in [0.25, 0.3) is 0 Å². The van der Waals surface area contributed by atoms with Crippen LogP contribution in [0.1, 0.15) is 114 Å². The number of para-hydroxylation sites is 1. The summed E-state index contributed by atoms with van der Waals surface area (Å²) in [5.41, 5.74) is 2.82. The Bertz CT molecular complexity index is 2220. The Morgan fingerprint density at radius 2 is 1.39 bits per heavy atom. The van der Waals surface area contributed by atoms with Crippen molar-refractivity contribution < 1.29 is 41.8 Å². The number of unbranched alkanes of at least 4 members (excludes halogenated alkanes) is 7. The van der Waals surface area contributed by atoms with E-state index in [2.05, 4.69) is 13.8 Å². The maximum Gasteiger partial charge on any atom is 0.340 e. The predicted octanol–water partition coefficient (Wildman–Crippen LogP) is 12.4. The van der Waals surface area contributed by atoms with Crippen LogP contribution in [-0.2, 0) is 30.9 Å². The van der Waals surface area contributed by atoms with E-state index in [9.17, 15) is 18.6 Å². The first-order valence-electron chi connectivity index (χ1n) is 22.2. The Hall–Kier alpha value is -4.36. The predicted molar refractivity (Wildman–Crippen MR) is 245 cm³/mol. The molecule has 1 heterocycles. The van der Waals surface area contributed by atoms with Crippen molar-refractivity contribution in [3.8, 4) is 28.4 Å². The lowest BCUT2D eigenvalue weighted by molar-refractivity contribution is -0.168. The van der Waals surface area contributed by atoms with Gasteiger partial charge < -0.3 is 33.3 Å². The summed E-state index contributed by atoms with van der Waals surface area (Å²) in [5.74, 6) is 0.498. The number of phenolic OH excluding ortho intramolecular Hbond substituents is 1. The van der Waals surface area contributed by atoms with Gasteiger partial charge in [0.1, 0.15) is 28.2 Å². The van der Waals surface area contributed by atoms with Gasteiger partial charge in [0.15, 0.2) is 5.79 Å². The lowest BCUT2D eigenvalue weighted by atomic mass is 9.92. The SMILES string of the molecule is CCCCCCC1(CCCCCCOCc2ccc(O)c(C(O)c3ccccc3-c3ccc(Sc4ccc(OCCCC)cc4)c(S(=O)(=O)Oc4ccccc4)c3)c2)OCCO1. The molecule has 9 nitrogen and oxygen atoms in total. The normalized spacial score (nSPS) is 14.2. The van der Waals surface area contributed by atoms with E-state index >= 15 is 0 Å². The topological polar surface area (TPSA) is 121 Å². The molecule has 0 radical (unpaired) electrons. The van der Waals surface area contributed by atoms with Gasteiger partial charge in [-0.05, 0) is 109 Å². The number of aliphatic hydroxyl groups is 1. The Kier molecular flexibility index (Phi) is 18.2. The van der Waals surface area contributed by atoms with Crippen LogP contribution in [0.2, 0.25) is 0 Å². The summed E-state index contributed by atoms with van der Waals surface area (Å²) in [6.45, 7) is 7.27. The van der Waals surface area contributed by atoms with Crippen LogP contribution in [0.15, 0.2) is 130 Å². The molecule has 1 aliphatic rings. The third kappa shape index (κ3) is 13.6. The molecular weight excluding hydrogens is 821 g/mol. The van der Waals surface area contributed by atoms with Gasteiger partial charge in [0.05, 0.1) is 26.4 Å². The van der Waals surface area contributed by atoms with E-state index < -0.39 is 22.0 Å². The average molecular weight is 883 g/mol. The molecule has 0 amide bonds. The molecule has 6 rings (SSSR count). The highest BCUT2D eigenvalue weighted by Crippen LogP contribution is 2.41. The number of aromatic hydroxyl groups is 1. The summed E-state index contributed by atoms with van der Waals surface area (Å²) in [6, 6.07) is 33.6. The minimum atomic E-state index is -4.32. The second-order valence-corrected chi connectivity index (χ2v) is 18.4. The smallest absolute Gasteiger partial charge is 0.340 e. The first-order chi connectivity index (χ1) is 30.2. The van der Waals surface area contributed by atoms with Crippen molar-refractivity contribution >= 4 is 21.9 Å². The van der Waals surface area contributed by atoms with Crippen LogP contribution >= 0.6 is 11.8 Å². The van der Waals surface area contributed by atoms with Gasteiger partial charge in [-0.25, -0.2) is 0 Å². The quantitative estimate of drug-likeness (QED) is 0.0410. The van der Waals surface area contributed by atoms with Gasteiger partial charge in [-0.1, -0.05) is 119 Å². The van der Waals surface area contributed by atoms with E-state index in [0.717, 1.165) is 74.0 Å². The molecule has 2 N–H and O–H groups in total. The number of phenols is 1. The Labute approximate surface area is 372 Å². The van der Waals surface area contributed by atoms with Crippen molar-refractivity contribution in [3.63, 3.8) is 0 Å². The molecule has 0 saturated carbocycles. The molecule has 5 aromatic rings. The molecule has 1 saturated heterocycles. The van der Waals surface area contributed by atoms with Crippen molar-refractivity contribution in [2.24, 2.45) is 0 Å². The summed E-state index contributed by atoms with van der Waals surface area (Å²) >= 11 is 1.31. The second-order valence-electron chi connectivity index (χ2n) is 15.8. The molecule has 62 heavy (non-hydrogen) atoms. The summed E-state index contributed by atoms with van der Waals surface area (Å²) in [7, 11) is -4.32. The van der Waals surface area contributed by atoms with Crippen molar-refractivity contribution in [1.82, 2.24) is 0 Å². The zero-order valence-corrected chi connectivity index (χ0v) is 37.8. The molecule has 0 bridgehead atoms. The number of hydrogen-bond donors (Lipinski definition) is 2. The minimum absolute atomic E-state index is 0.0167. The van der Waals surface area contributed by atoms with E-state index in [1.54, 1.807) is 66.7 Å². The minimum Gasteiger partial charge on any atom is -0.508 e.